The van der Waals surface area contributed by atoms with Crippen LogP contribution in [0.2, 0.25) is 0 Å². The van der Waals surface area contributed by atoms with Gasteiger partial charge in [0.15, 0.2) is 5.13 Å². The number of hydrogen-bond donors (Lipinski definition) is 2. The van der Waals surface area contributed by atoms with Crippen LogP contribution in [-0.4, -0.2) is 15.0 Å². The molecular weight excluding hydrogens is 300 g/mol. The van der Waals surface area contributed by atoms with Gasteiger partial charge in [0.05, 0.1) is 11.3 Å². The molecule has 0 unspecified atom stereocenters. The van der Waals surface area contributed by atoms with Crippen LogP contribution in [0.25, 0.3) is 0 Å². The van der Waals surface area contributed by atoms with E-state index < -0.39 is 0 Å². The highest BCUT2D eigenvalue weighted by molar-refractivity contribution is 7.80. The first-order valence-corrected chi connectivity index (χ1v) is 8.30. The van der Waals surface area contributed by atoms with Gasteiger partial charge in [0.1, 0.15) is 10.8 Å². The molecule has 21 heavy (non-hydrogen) atoms. The van der Waals surface area contributed by atoms with Crippen molar-refractivity contribution in [2.24, 2.45) is 5.73 Å². The highest BCUT2D eigenvalue weighted by Crippen LogP contribution is 2.29. The Hall–Kier alpha value is -1.53. The van der Waals surface area contributed by atoms with Crippen molar-refractivity contribution in [1.29, 1.82) is 0 Å². The highest BCUT2D eigenvalue weighted by Gasteiger charge is 2.17. The number of nitrogens with one attached hydrogen (secondary N) is 1. The predicted molar refractivity (Wildman–Crippen MR) is 91.6 cm³/mol. The van der Waals surface area contributed by atoms with Crippen molar-refractivity contribution in [3.8, 4) is 0 Å². The molecule has 2 heterocycles. The average Bonchev–Trinajstić information content (AvgIpc) is 2.76. The van der Waals surface area contributed by atoms with Crippen molar-refractivity contribution in [3.63, 3.8) is 0 Å². The van der Waals surface area contributed by atoms with Gasteiger partial charge in [-0.3, -0.25) is 0 Å². The first kappa shape index (κ1) is 14.4. The molecule has 0 radical (unpaired) electrons. The Kier molecular flexibility index (Phi) is 3.91. The van der Waals surface area contributed by atoms with E-state index in [0.717, 1.165) is 40.7 Å². The number of aromatic nitrogens is 2. The van der Waals surface area contributed by atoms with Gasteiger partial charge in [-0.15, -0.1) is 11.3 Å². The van der Waals surface area contributed by atoms with Gasteiger partial charge in [-0.25, -0.2) is 9.97 Å². The van der Waals surface area contributed by atoms with Gasteiger partial charge in [0.25, 0.3) is 0 Å². The molecule has 0 aliphatic heterocycles. The number of aryl methyl sites for hydroxylation is 4. The first-order valence-electron chi connectivity index (χ1n) is 7.08. The van der Waals surface area contributed by atoms with Crippen molar-refractivity contribution >= 4 is 39.5 Å². The second-order valence-corrected chi connectivity index (χ2v) is 6.99. The summed E-state index contributed by atoms with van der Waals surface area (Å²) in [7, 11) is 0. The molecule has 6 heteroatoms. The van der Waals surface area contributed by atoms with Crippen LogP contribution in [0.1, 0.15) is 40.2 Å². The third-order valence-corrected chi connectivity index (χ3v) is 5.03. The standard InChI is InChI=1S/C15H18N4S2/c1-8-9(2)21-15(17-8)19-14-11(13(16)20)7-10-5-3-4-6-12(10)18-14/h7H,3-6H2,1-2H3,(H2,16,20)(H,17,18,19). The molecule has 2 aromatic heterocycles. The van der Waals surface area contributed by atoms with Crippen LogP contribution >= 0.6 is 23.6 Å². The summed E-state index contributed by atoms with van der Waals surface area (Å²) in [4.78, 5) is 10.8. The van der Waals surface area contributed by atoms with E-state index in [-0.39, 0.29) is 0 Å². The van der Waals surface area contributed by atoms with Gasteiger partial charge < -0.3 is 11.1 Å². The fraction of sp³-hybridized carbons (Fsp3) is 0.400. The summed E-state index contributed by atoms with van der Waals surface area (Å²) >= 11 is 6.80. The van der Waals surface area contributed by atoms with Crippen LogP contribution in [0.5, 0.6) is 0 Å². The Morgan fingerprint density at radius 2 is 2.05 bits per heavy atom. The molecule has 0 saturated carbocycles. The zero-order valence-electron chi connectivity index (χ0n) is 12.2. The minimum absolute atomic E-state index is 0.378. The van der Waals surface area contributed by atoms with Crippen molar-refractivity contribution in [2.45, 2.75) is 39.5 Å². The normalized spacial score (nSPS) is 13.8. The van der Waals surface area contributed by atoms with Crippen LogP contribution < -0.4 is 11.1 Å². The highest BCUT2D eigenvalue weighted by atomic mass is 32.1. The third kappa shape index (κ3) is 2.91. The average molecular weight is 318 g/mol. The molecule has 3 rings (SSSR count). The zero-order valence-corrected chi connectivity index (χ0v) is 13.8. The lowest BCUT2D eigenvalue weighted by molar-refractivity contribution is 0.668. The lowest BCUT2D eigenvalue weighted by Crippen LogP contribution is -2.16. The molecular formula is C15H18N4S2. The maximum Gasteiger partial charge on any atom is 0.188 e. The molecule has 0 amide bonds. The number of fused-ring (bicyclic) bond motifs is 1. The van der Waals surface area contributed by atoms with Gasteiger partial charge in [0, 0.05) is 10.6 Å². The maximum atomic E-state index is 5.87. The molecule has 110 valence electrons. The molecule has 4 nitrogen and oxygen atoms in total. The lowest BCUT2D eigenvalue weighted by atomic mass is 9.94. The van der Waals surface area contributed by atoms with Gasteiger partial charge in [-0.1, -0.05) is 12.2 Å². The molecule has 2 aromatic rings. The van der Waals surface area contributed by atoms with E-state index in [4.69, 9.17) is 22.9 Å². The number of thiazole rings is 1. The van der Waals surface area contributed by atoms with Gasteiger partial charge >= 0.3 is 0 Å². The molecule has 0 saturated heterocycles. The molecule has 0 bridgehead atoms. The number of hydrogen-bond acceptors (Lipinski definition) is 5. The van der Waals surface area contributed by atoms with Crippen molar-refractivity contribution in [1.82, 2.24) is 9.97 Å². The summed E-state index contributed by atoms with van der Waals surface area (Å²) in [5, 5.41) is 4.13. The Balaban J connectivity index is 2.01. The predicted octanol–water partition coefficient (Wildman–Crippen LogP) is 3.41. The number of thiocarbonyl (C=S) groups is 1. The minimum atomic E-state index is 0.378. The second kappa shape index (κ2) is 5.69. The summed E-state index contributed by atoms with van der Waals surface area (Å²) in [6.07, 6.45) is 4.50. The van der Waals surface area contributed by atoms with Crippen molar-refractivity contribution in [2.75, 3.05) is 5.32 Å². The second-order valence-electron chi connectivity index (χ2n) is 5.35. The summed E-state index contributed by atoms with van der Waals surface area (Å²) in [5.41, 5.74) is 10.2. The van der Waals surface area contributed by atoms with E-state index in [1.807, 2.05) is 6.92 Å². The first-order chi connectivity index (χ1) is 10.0. The summed E-state index contributed by atoms with van der Waals surface area (Å²) in [6, 6.07) is 2.10. The number of anilines is 2. The fourth-order valence-electron chi connectivity index (χ4n) is 2.54. The maximum absolute atomic E-state index is 5.87. The van der Waals surface area contributed by atoms with Gasteiger partial charge in [0.2, 0.25) is 0 Å². The number of pyridine rings is 1. The van der Waals surface area contributed by atoms with E-state index in [1.54, 1.807) is 11.3 Å². The molecule has 1 aliphatic rings. The van der Waals surface area contributed by atoms with E-state index in [0.29, 0.717) is 4.99 Å². The van der Waals surface area contributed by atoms with Crippen LogP contribution in [-0.2, 0) is 12.8 Å². The SMILES string of the molecule is Cc1nc(Nc2nc3c(cc2C(N)=S)CCCC3)sc1C. The van der Waals surface area contributed by atoms with Gasteiger partial charge in [-0.2, -0.15) is 0 Å². The summed E-state index contributed by atoms with van der Waals surface area (Å²) in [5.74, 6) is 0.733. The van der Waals surface area contributed by atoms with E-state index in [9.17, 15) is 0 Å². The molecule has 0 fully saturated rings. The number of rotatable bonds is 3. The number of nitrogens with zero attached hydrogens (tertiary/aromatic N) is 2. The Morgan fingerprint density at radius 1 is 1.29 bits per heavy atom. The van der Waals surface area contributed by atoms with Crippen LogP contribution in [0.3, 0.4) is 0 Å². The van der Waals surface area contributed by atoms with E-state index >= 15 is 0 Å². The van der Waals surface area contributed by atoms with Crippen LogP contribution in [0.4, 0.5) is 10.9 Å². The Morgan fingerprint density at radius 3 is 2.71 bits per heavy atom. The van der Waals surface area contributed by atoms with Crippen molar-refractivity contribution < 1.29 is 0 Å². The third-order valence-electron chi connectivity index (χ3n) is 3.82. The van der Waals surface area contributed by atoms with E-state index in [1.165, 1.54) is 23.3 Å². The molecule has 1 aliphatic carbocycles. The molecule has 0 aromatic carbocycles. The fourth-order valence-corrected chi connectivity index (χ4v) is 3.51. The van der Waals surface area contributed by atoms with Crippen molar-refractivity contribution in [3.05, 3.63) is 33.5 Å². The minimum Gasteiger partial charge on any atom is -0.389 e. The summed E-state index contributed by atoms with van der Waals surface area (Å²) in [6.45, 7) is 4.07. The molecule has 0 atom stereocenters. The van der Waals surface area contributed by atoms with Gasteiger partial charge in [-0.05, 0) is 51.2 Å². The largest absolute Gasteiger partial charge is 0.389 e. The van der Waals surface area contributed by atoms with Crippen LogP contribution in [0.15, 0.2) is 6.07 Å². The molecule has 0 spiro atoms. The topological polar surface area (TPSA) is 63.8 Å². The number of nitrogens with two attached hydrogens (primary N) is 1. The lowest BCUT2D eigenvalue weighted by Gasteiger charge is -2.18. The van der Waals surface area contributed by atoms with E-state index in [2.05, 4.69) is 23.3 Å². The Bertz CT molecular complexity index is 686. The quantitative estimate of drug-likeness (QED) is 0.849. The van der Waals surface area contributed by atoms with Crippen LogP contribution in [0, 0.1) is 13.8 Å². The zero-order chi connectivity index (χ0) is 15.0. The Labute approximate surface area is 133 Å². The summed E-state index contributed by atoms with van der Waals surface area (Å²) < 4.78 is 0. The smallest absolute Gasteiger partial charge is 0.188 e. The monoisotopic (exact) mass is 318 g/mol. The molecule has 3 N–H and O–H groups in total.